The molecule has 0 aliphatic carbocycles. The van der Waals surface area contributed by atoms with Crippen LogP contribution in [0.15, 0.2) is 12.2 Å². The predicted octanol–water partition coefficient (Wildman–Crippen LogP) is 2.77. The first-order valence-corrected chi connectivity index (χ1v) is 3.71. The molecule has 10 heavy (non-hydrogen) atoms. The van der Waals surface area contributed by atoms with Crippen molar-refractivity contribution in [1.29, 1.82) is 0 Å². The van der Waals surface area contributed by atoms with Crippen LogP contribution in [0.1, 0.15) is 27.2 Å². The minimum atomic E-state index is -0.715. The lowest BCUT2D eigenvalue weighted by molar-refractivity contribution is 0.104. The van der Waals surface area contributed by atoms with Gasteiger partial charge in [-0.05, 0) is 32.8 Å². The van der Waals surface area contributed by atoms with E-state index in [4.69, 9.17) is 11.6 Å². The molecule has 1 atom stereocenters. The van der Waals surface area contributed by atoms with E-state index >= 15 is 0 Å². The Morgan fingerprint density at radius 2 is 2.10 bits per heavy atom. The largest absolute Gasteiger partial charge is 0.228 e. The third-order valence-corrected chi connectivity index (χ3v) is 1.37. The summed E-state index contributed by atoms with van der Waals surface area (Å²) >= 11 is 5.83. The fourth-order valence-corrected chi connectivity index (χ4v) is 0.755. The highest BCUT2D eigenvalue weighted by molar-refractivity contribution is 6.23. The number of hydrogen-bond donors (Lipinski definition) is 0. The van der Waals surface area contributed by atoms with Crippen molar-refractivity contribution in [3.05, 3.63) is 12.2 Å². The number of halogens is 1. The van der Waals surface area contributed by atoms with Gasteiger partial charge in [-0.3, -0.25) is 0 Å². The fourth-order valence-electron chi connectivity index (χ4n) is 0.615. The number of alkyl halides is 1. The summed E-state index contributed by atoms with van der Waals surface area (Å²) in [5, 5.41) is 11.1. The summed E-state index contributed by atoms with van der Waals surface area (Å²) in [6.07, 6.45) is -0.267. The molecule has 0 amide bonds. The Kier molecular flexibility index (Phi) is 3.40. The van der Waals surface area contributed by atoms with Crippen molar-refractivity contribution in [3.8, 4) is 0 Å². The molecule has 0 aromatic carbocycles. The summed E-state index contributed by atoms with van der Waals surface area (Å²) in [6.45, 7) is 8.98. The maximum Gasteiger partial charge on any atom is 0.115 e. The van der Waals surface area contributed by atoms with Crippen LogP contribution in [0.3, 0.4) is 0 Å². The number of rotatable bonds is 3. The SMILES string of the molecule is C=C(C)C([O])CC(C)(C)Cl. The standard InChI is InChI=1S/C8H14ClO/c1-6(2)7(10)5-8(3,4)9/h7H,1,5H2,2-4H3. The zero-order chi connectivity index (χ0) is 8.36. The first-order chi connectivity index (χ1) is 4.33. The molecule has 0 spiro atoms. The van der Waals surface area contributed by atoms with Crippen LogP contribution < -0.4 is 0 Å². The summed E-state index contributed by atoms with van der Waals surface area (Å²) in [6, 6.07) is 0. The van der Waals surface area contributed by atoms with Crippen LogP contribution in [0.4, 0.5) is 0 Å². The monoisotopic (exact) mass is 161 g/mol. The minimum Gasteiger partial charge on any atom is -0.228 e. The van der Waals surface area contributed by atoms with E-state index < -0.39 is 11.0 Å². The van der Waals surface area contributed by atoms with Gasteiger partial charge in [-0.15, -0.1) is 11.6 Å². The molecule has 0 heterocycles. The van der Waals surface area contributed by atoms with Gasteiger partial charge in [-0.1, -0.05) is 6.58 Å². The highest BCUT2D eigenvalue weighted by atomic mass is 35.5. The summed E-state index contributed by atoms with van der Waals surface area (Å²) in [5.41, 5.74) is 0.661. The molecule has 1 nitrogen and oxygen atoms in total. The second kappa shape index (κ2) is 3.40. The zero-order valence-electron chi connectivity index (χ0n) is 6.78. The van der Waals surface area contributed by atoms with Gasteiger partial charge in [0.15, 0.2) is 0 Å². The van der Waals surface area contributed by atoms with Gasteiger partial charge in [0, 0.05) is 4.87 Å². The Labute approximate surface area is 67.7 Å². The zero-order valence-corrected chi connectivity index (χ0v) is 7.53. The third kappa shape index (κ3) is 4.83. The molecule has 0 fully saturated rings. The predicted molar refractivity (Wildman–Crippen MR) is 43.8 cm³/mol. The third-order valence-electron chi connectivity index (χ3n) is 1.22. The summed E-state index contributed by atoms with van der Waals surface area (Å²) in [7, 11) is 0. The lowest BCUT2D eigenvalue weighted by Crippen LogP contribution is -2.20. The van der Waals surface area contributed by atoms with Crippen LogP contribution in [-0.2, 0) is 5.11 Å². The summed E-state index contributed by atoms with van der Waals surface area (Å²) in [4.78, 5) is -0.397. The van der Waals surface area contributed by atoms with E-state index in [1.54, 1.807) is 6.92 Å². The van der Waals surface area contributed by atoms with E-state index in [1.165, 1.54) is 0 Å². The second-order valence-corrected chi connectivity index (χ2v) is 4.28. The molecule has 1 radical (unpaired) electrons. The average Bonchev–Trinajstić information content (AvgIpc) is 1.60. The lowest BCUT2D eigenvalue weighted by atomic mass is 10.0. The first-order valence-electron chi connectivity index (χ1n) is 3.33. The van der Waals surface area contributed by atoms with Crippen molar-refractivity contribution in [2.24, 2.45) is 0 Å². The molecular formula is C8H14ClO. The topological polar surface area (TPSA) is 19.9 Å². The molecule has 0 N–H and O–H groups in total. The summed E-state index contributed by atoms with van der Waals surface area (Å²) in [5.74, 6) is 0. The smallest absolute Gasteiger partial charge is 0.115 e. The van der Waals surface area contributed by atoms with Gasteiger partial charge in [0.25, 0.3) is 0 Å². The van der Waals surface area contributed by atoms with Gasteiger partial charge in [0.2, 0.25) is 0 Å². The summed E-state index contributed by atoms with van der Waals surface area (Å²) < 4.78 is 0. The van der Waals surface area contributed by atoms with E-state index in [0.717, 1.165) is 0 Å². The van der Waals surface area contributed by atoms with Crippen LogP contribution in [0.2, 0.25) is 0 Å². The molecule has 0 saturated carbocycles. The molecule has 0 rings (SSSR count). The normalized spacial score (nSPS) is 14.9. The molecular weight excluding hydrogens is 148 g/mol. The second-order valence-electron chi connectivity index (χ2n) is 3.26. The van der Waals surface area contributed by atoms with Gasteiger partial charge in [0.1, 0.15) is 6.10 Å². The highest BCUT2D eigenvalue weighted by Gasteiger charge is 2.20. The lowest BCUT2D eigenvalue weighted by Gasteiger charge is -2.18. The molecule has 59 valence electrons. The van der Waals surface area contributed by atoms with E-state index in [1.807, 2.05) is 13.8 Å². The quantitative estimate of drug-likeness (QED) is 0.448. The molecule has 0 aromatic heterocycles. The van der Waals surface area contributed by atoms with Gasteiger partial charge >= 0.3 is 0 Å². The minimum absolute atomic E-state index is 0.397. The van der Waals surface area contributed by atoms with Crippen LogP contribution in [0.25, 0.3) is 0 Å². The Balaban J connectivity index is 3.80. The Morgan fingerprint density at radius 3 is 2.20 bits per heavy atom. The Bertz CT molecular complexity index is 124. The van der Waals surface area contributed by atoms with Crippen molar-refractivity contribution in [3.63, 3.8) is 0 Å². The highest BCUT2D eigenvalue weighted by Crippen LogP contribution is 2.22. The molecule has 0 aliphatic heterocycles. The first kappa shape index (κ1) is 9.99. The van der Waals surface area contributed by atoms with Crippen molar-refractivity contribution in [1.82, 2.24) is 0 Å². The molecule has 0 bridgehead atoms. The van der Waals surface area contributed by atoms with Gasteiger partial charge in [-0.25, -0.2) is 5.11 Å². The van der Waals surface area contributed by atoms with Crippen LogP contribution in [0.5, 0.6) is 0 Å². The molecule has 1 unspecified atom stereocenters. The van der Waals surface area contributed by atoms with Gasteiger partial charge in [0.05, 0.1) is 0 Å². The van der Waals surface area contributed by atoms with Crippen LogP contribution in [-0.4, -0.2) is 11.0 Å². The van der Waals surface area contributed by atoms with E-state index in [2.05, 4.69) is 6.58 Å². The van der Waals surface area contributed by atoms with Gasteiger partial charge < -0.3 is 0 Å². The van der Waals surface area contributed by atoms with Crippen molar-refractivity contribution in [2.75, 3.05) is 0 Å². The van der Waals surface area contributed by atoms with Crippen LogP contribution in [0, 0.1) is 0 Å². The van der Waals surface area contributed by atoms with E-state index in [-0.39, 0.29) is 0 Å². The fraction of sp³-hybridized carbons (Fsp3) is 0.750. The molecule has 0 saturated heterocycles. The number of hydrogen-bond acceptors (Lipinski definition) is 0. The maximum absolute atomic E-state index is 11.1. The maximum atomic E-state index is 11.1. The molecule has 2 heteroatoms. The van der Waals surface area contributed by atoms with Crippen molar-refractivity contribution < 1.29 is 5.11 Å². The van der Waals surface area contributed by atoms with Crippen LogP contribution >= 0.6 is 11.6 Å². The van der Waals surface area contributed by atoms with E-state index in [9.17, 15) is 5.11 Å². The Hall–Kier alpha value is -0.0100. The van der Waals surface area contributed by atoms with E-state index in [0.29, 0.717) is 12.0 Å². The van der Waals surface area contributed by atoms with Crippen molar-refractivity contribution in [2.45, 2.75) is 38.2 Å². The Morgan fingerprint density at radius 1 is 1.70 bits per heavy atom. The average molecular weight is 162 g/mol. The van der Waals surface area contributed by atoms with Gasteiger partial charge in [-0.2, -0.15) is 0 Å². The molecule has 0 aliphatic rings. The molecule has 0 aromatic rings. The van der Waals surface area contributed by atoms with Crippen molar-refractivity contribution >= 4 is 11.6 Å².